The van der Waals surface area contributed by atoms with Crippen LogP contribution >= 0.6 is 15.9 Å². The molecule has 1 heterocycles. The molecule has 0 saturated carbocycles. The number of halogens is 1. The van der Waals surface area contributed by atoms with Crippen molar-refractivity contribution < 1.29 is 0 Å². The minimum Gasteiger partial charge on any atom is -0.342 e. The van der Waals surface area contributed by atoms with Crippen LogP contribution in [0.15, 0.2) is 34.9 Å². The summed E-state index contributed by atoms with van der Waals surface area (Å²) in [5.41, 5.74) is 8.06. The average molecular weight is 336 g/mol. The van der Waals surface area contributed by atoms with Crippen LogP contribution < -0.4 is 5.73 Å². The molecule has 0 amide bonds. The number of hydrogen-bond acceptors (Lipinski definition) is 2. The lowest BCUT2D eigenvalue weighted by Crippen LogP contribution is -2.19. The second-order valence-electron chi connectivity index (χ2n) is 5.69. The predicted octanol–water partition coefficient (Wildman–Crippen LogP) is 4.00. The molecule has 1 aromatic heterocycles. The minimum absolute atomic E-state index is 0.497. The molecule has 3 nitrogen and oxygen atoms in total. The first-order chi connectivity index (χ1) is 9.58. The first-order valence-electron chi connectivity index (χ1n) is 7.08. The van der Waals surface area contributed by atoms with Gasteiger partial charge in [0.25, 0.3) is 0 Å². The standard InChI is InChI=1S/C16H22BrN3/c1-11(2)6-12(9-18)7-16-19-10-15(20-16)13-4-3-5-14(17)8-13/h3-5,8,10-12H,6-7,9,18H2,1-2H3,(H,19,20). The number of H-pyrrole nitrogens is 1. The molecule has 0 aliphatic rings. The fourth-order valence-electron chi connectivity index (χ4n) is 2.47. The van der Waals surface area contributed by atoms with Crippen LogP contribution in [0.4, 0.5) is 0 Å². The number of imidazole rings is 1. The molecule has 0 fully saturated rings. The zero-order chi connectivity index (χ0) is 14.5. The van der Waals surface area contributed by atoms with E-state index in [0.717, 1.165) is 34.4 Å². The van der Waals surface area contributed by atoms with Gasteiger partial charge in [0, 0.05) is 16.5 Å². The van der Waals surface area contributed by atoms with E-state index in [4.69, 9.17) is 5.73 Å². The second kappa shape index (κ2) is 7.04. The van der Waals surface area contributed by atoms with Gasteiger partial charge in [-0.25, -0.2) is 4.98 Å². The Morgan fingerprint density at radius 3 is 2.80 bits per heavy atom. The van der Waals surface area contributed by atoms with Gasteiger partial charge in [-0.15, -0.1) is 0 Å². The number of aromatic nitrogens is 2. The quantitative estimate of drug-likeness (QED) is 0.838. The Labute approximate surface area is 129 Å². The van der Waals surface area contributed by atoms with E-state index in [1.54, 1.807) is 0 Å². The van der Waals surface area contributed by atoms with Crippen LogP contribution in [0.25, 0.3) is 11.3 Å². The Morgan fingerprint density at radius 1 is 1.35 bits per heavy atom. The van der Waals surface area contributed by atoms with Crippen molar-refractivity contribution in [3.8, 4) is 11.3 Å². The molecule has 1 aromatic carbocycles. The number of benzene rings is 1. The van der Waals surface area contributed by atoms with Crippen LogP contribution in [0.1, 0.15) is 26.1 Å². The summed E-state index contributed by atoms with van der Waals surface area (Å²) in [7, 11) is 0. The van der Waals surface area contributed by atoms with Gasteiger partial charge < -0.3 is 10.7 Å². The van der Waals surface area contributed by atoms with Crippen molar-refractivity contribution in [2.24, 2.45) is 17.6 Å². The van der Waals surface area contributed by atoms with Crippen LogP contribution in [0.2, 0.25) is 0 Å². The molecule has 108 valence electrons. The van der Waals surface area contributed by atoms with Crippen LogP contribution in [0, 0.1) is 11.8 Å². The summed E-state index contributed by atoms with van der Waals surface area (Å²) >= 11 is 3.49. The third-order valence-corrected chi connectivity index (χ3v) is 3.88. The van der Waals surface area contributed by atoms with E-state index in [0.29, 0.717) is 18.4 Å². The number of nitrogens with zero attached hydrogens (tertiary/aromatic N) is 1. The molecule has 20 heavy (non-hydrogen) atoms. The van der Waals surface area contributed by atoms with Gasteiger partial charge in [0.2, 0.25) is 0 Å². The normalized spacial score (nSPS) is 12.8. The molecule has 0 saturated heterocycles. The van der Waals surface area contributed by atoms with Gasteiger partial charge in [-0.1, -0.05) is 41.9 Å². The molecule has 3 N–H and O–H groups in total. The minimum atomic E-state index is 0.497. The predicted molar refractivity (Wildman–Crippen MR) is 87.4 cm³/mol. The van der Waals surface area contributed by atoms with Gasteiger partial charge in [-0.2, -0.15) is 0 Å². The fraction of sp³-hybridized carbons (Fsp3) is 0.438. The first-order valence-corrected chi connectivity index (χ1v) is 7.87. The van der Waals surface area contributed by atoms with Crippen molar-refractivity contribution >= 4 is 15.9 Å². The van der Waals surface area contributed by atoms with Crippen LogP contribution in [-0.2, 0) is 6.42 Å². The molecule has 0 aliphatic heterocycles. The Hall–Kier alpha value is -1.13. The van der Waals surface area contributed by atoms with E-state index >= 15 is 0 Å². The highest BCUT2D eigenvalue weighted by atomic mass is 79.9. The molecule has 0 spiro atoms. The summed E-state index contributed by atoms with van der Waals surface area (Å²) < 4.78 is 1.07. The zero-order valence-electron chi connectivity index (χ0n) is 12.1. The summed E-state index contributed by atoms with van der Waals surface area (Å²) in [6.45, 7) is 5.18. The number of nitrogens with two attached hydrogens (primary N) is 1. The largest absolute Gasteiger partial charge is 0.342 e. The number of hydrogen-bond donors (Lipinski definition) is 2. The van der Waals surface area contributed by atoms with E-state index in [2.05, 4.69) is 51.9 Å². The SMILES string of the molecule is CC(C)CC(CN)Cc1ncc(-c2cccc(Br)c2)[nH]1. The topological polar surface area (TPSA) is 54.7 Å². The molecule has 4 heteroatoms. The third kappa shape index (κ3) is 4.18. The van der Waals surface area contributed by atoms with E-state index in [1.165, 1.54) is 0 Å². The zero-order valence-corrected chi connectivity index (χ0v) is 13.7. The van der Waals surface area contributed by atoms with Crippen molar-refractivity contribution in [3.05, 3.63) is 40.8 Å². The van der Waals surface area contributed by atoms with E-state index in [1.807, 2.05) is 18.3 Å². The summed E-state index contributed by atoms with van der Waals surface area (Å²) in [5.74, 6) is 2.19. The Kier molecular flexibility index (Phi) is 5.38. The van der Waals surface area contributed by atoms with Gasteiger partial charge in [-0.3, -0.25) is 0 Å². The Morgan fingerprint density at radius 2 is 2.15 bits per heavy atom. The maximum absolute atomic E-state index is 5.86. The summed E-state index contributed by atoms with van der Waals surface area (Å²) in [6.07, 6.45) is 3.96. The Bertz CT molecular complexity index is 548. The van der Waals surface area contributed by atoms with E-state index in [9.17, 15) is 0 Å². The lowest BCUT2D eigenvalue weighted by Gasteiger charge is -2.15. The third-order valence-electron chi connectivity index (χ3n) is 3.38. The fourth-order valence-corrected chi connectivity index (χ4v) is 2.87. The molecular weight excluding hydrogens is 314 g/mol. The van der Waals surface area contributed by atoms with Crippen molar-refractivity contribution in [3.63, 3.8) is 0 Å². The maximum Gasteiger partial charge on any atom is 0.106 e. The molecular formula is C16H22BrN3. The highest BCUT2D eigenvalue weighted by Crippen LogP contribution is 2.22. The Balaban J connectivity index is 2.09. The monoisotopic (exact) mass is 335 g/mol. The number of nitrogens with one attached hydrogen (secondary N) is 1. The van der Waals surface area contributed by atoms with Crippen LogP contribution in [-0.4, -0.2) is 16.5 Å². The van der Waals surface area contributed by atoms with Gasteiger partial charge in [0.15, 0.2) is 0 Å². The molecule has 1 unspecified atom stereocenters. The van der Waals surface area contributed by atoms with E-state index in [-0.39, 0.29) is 0 Å². The van der Waals surface area contributed by atoms with Crippen molar-refractivity contribution in [1.29, 1.82) is 0 Å². The molecule has 2 rings (SSSR count). The van der Waals surface area contributed by atoms with Gasteiger partial charge in [0.1, 0.15) is 5.82 Å². The van der Waals surface area contributed by atoms with Gasteiger partial charge in [-0.05, 0) is 36.9 Å². The van der Waals surface area contributed by atoms with Gasteiger partial charge >= 0.3 is 0 Å². The number of aromatic amines is 1. The summed E-state index contributed by atoms with van der Waals surface area (Å²) in [6, 6.07) is 8.22. The highest BCUT2D eigenvalue weighted by Gasteiger charge is 2.12. The van der Waals surface area contributed by atoms with Gasteiger partial charge in [0.05, 0.1) is 11.9 Å². The smallest absolute Gasteiger partial charge is 0.106 e. The molecule has 0 aliphatic carbocycles. The molecule has 0 bridgehead atoms. The van der Waals surface area contributed by atoms with E-state index < -0.39 is 0 Å². The maximum atomic E-state index is 5.86. The highest BCUT2D eigenvalue weighted by molar-refractivity contribution is 9.10. The summed E-state index contributed by atoms with van der Waals surface area (Å²) in [5, 5.41) is 0. The van der Waals surface area contributed by atoms with Crippen LogP contribution in [0.3, 0.4) is 0 Å². The molecule has 0 radical (unpaired) electrons. The van der Waals surface area contributed by atoms with Crippen molar-refractivity contribution in [2.45, 2.75) is 26.7 Å². The first kappa shape index (κ1) is 15.3. The average Bonchev–Trinajstić information content (AvgIpc) is 2.86. The van der Waals surface area contributed by atoms with Crippen molar-refractivity contribution in [2.75, 3.05) is 6.54 Å². The summed E-state index contributed by atoms with van der Waals surface area (Å²) in [4.78, 5) is 7.90. The molecule has 1 atom stereocenters. The van der Waals surface area contributed by atoms with Crippen molar-refractivity contribution in [1.82, 2.24) is 9.97 Å². The lowest BCUT2D eigenvalue weighted by molar-refractivity contribution is 0.409. The second-order valence-corrected chi connectivity index (χ2v) is 6.60. The molecule has 2 aromatic rings. The lowest BCUT2D eigenvalue weighted by atomic mass is 9.94. The van der Waals surface area contributed by atoms with Crippen LogP contribution in [0.5, 0.6) is 0 Å². The number of rotatable bonds is 6.